The minimum atomic E-state index is -4.39. The third-order valence-corrected chi connectivity index (χ3v) is 3.04. The molecule has 0 aliphatic heterocycles. The molecule has 1 heterocycles. The fourth-order valence-electron chi connectivity index (χ4n) is 1.68. The van der Waals surface area contributed by atoms with Gasteiger partial charge in [-0.25, -0.2) is 4.98 Å². The van der Waals surface area contributed by atoms with Crippen molar-refractivity contribution in [2.75, 3.05) is 0 Å². The molecule has 22 heavy (non-hydrogen) atoms. The molecule has 0 atom stereocenters. The molecule has 2 aromatic rings. The minimum Gasteiger partial charge on any atom is -0.460 e. The number of aromatic nitrogens is 1. The molecule has 0 amide bonds. The highest BCUT2D eigenvalue weighted by Crippen LogP contribution is 2.29. The van der Waals surface area contributed by atoms with Crippen molar-refractivity contribution < 1.29 is 22.7 Å². The third kappa shape index (κ3) is 4.73. The Bertz CT molecular complexity index is 639. The van der Waals surface area contributed by atoms with Crippen molar-refractivity contribution in [3.8, 4) is 0 Å². The second-order valence-electron chi connectivity index (χ2n) is 4.52. The third-order valence-electron chi connectivity index (χ3n) is 2.82. The molecule has 0 bridgehead atoms. The van der Waals surface area contributed by atoms with E-state index < -0.39 is 17.7 Å². The molecule has 0 aliphatic carbocycles. The number of halogens is 4. The molecule has 116 valence electrons. The maximum atomic E-state index is 12.4. The van der Waals surface area contributed by atoms with Gasteiger partial charge >= 0.3 is 12.1 Å². The van der Waals surface area contributed by atoms with Gasteiger partial charge in [-0.1, -0.05) is 29.8 Å². The Balaban J connectivity index is 1.88. The number of hydrogen-bond acceptors (Lipinski definition) is 3. The zero-order valence-corrected chi connectivity index (χ0v) is 12.0. The van der Waals surface area contributed by atoms with Gasteiger partial charge in [0.2, 0.25) is 0 Å². The van der Waals surface area contributed by atoms with Gasteiger partial charge in [0.1, 0.15) is 11.8 Å². The molecule has 3 nitrogen and oxygen atoms in total. The summed E-state index contributed by atoms with van der Waals surface area (Å²) in [5, 5.41) is 0.333. The number of carbonyl (C=O) groups is 1. The zero-order chi connectivity index (χ0) is 16.2. The summed E-state index contributed by atoms with van der Waals surface area (Å²) < 4.78 is 42.3. The SMILES string of the molecule is O=C(Cc1ccc(C(F)(F)F)cc1)OCc1ccc(Cl)nc1. The van der Waals surface area contributed by atoms with Gasteiger partial charge in [0.05, 0.1) is 12.0 Å². The number of esters is 1. The van der Waals surface area contributed by atoms with E-state index in [1.165, 1.54) is 18.3 Å². The smallest absolute Gasteiger partial charge is 0.416 e. The Kier molecular flexibility index (Phi) is 5.03. The van der Waals surface area contributed by atoms with Gasteiger partial charge < -0.3 is 4.74 Å². The van der Waals surface area contributed by atoms with E-state index in [2.05, 4.69) is 4.98 Å². The molecular weight excluding hydrogens is 319 g/mol. The van der Waals surface area contributed by atoms with Crippen LogP contribution in [0.15, 0.2) is 42.6 Å². The fourth-order valence-corrected chi connectivity index (χ4v) is 1.80. The number of pyridine rings is 1. The first-order valence-electron chi connectivity index (χ1n) is 6.27. The monoisotopic (exact) mass is 329 g/mol. The van der Waals surface area contributed by atoms with Crippen LogP contribution in [0.2, 0.25) is 5.15 Å². The number of carbonyl (C=O) groups excluding carboxylic acids is 1. The van der Waals surface area contributed by atoms with Crippen LogP contribution in [0.3, 0.4) is 0 Å². The molecule has 0 radical (unpaired) electrons. The van der Waals surface area contributed by atoms with Crippen LogP contribution in [0.4, 0.5) is 13.2 Å². The van der Waals surface area contributed by atoms with E-state index in [4.69, 9.17) is 16.3 Å². The second kappa shape index (κ2) is 6.79. The zero-order valence-electron chi connectivity index (χ0n) is 11.2. The van der Waals surface area contributed by atoms with E-state index in [-0.39, 0.29) is 13.0 Å². The first-order valence-corrected chi connectivity index (χ1v) is 6.64. The summed E-state index contributed by atoms with van der Waals surface area (Å²) in [5.41, 5.74) is 0.370. The Morgan fingerprint density at radius 1 is 1.09 bits per heavy atom. The van der Waals surface area contributed by atoms with E-state index in [1.54, 1.807) is 12.1 Å². The summed E-state index contributed by atoms with van der Waals surface area (Å²) in [4.78, 5) is 15.5. The van der Waals surface area contributed by atoms with Gasteiger partial charge in [0, 0.05) is 11.8 Å². The van der Waals surface area contributed by atoms with Crippen LogP contribution in [-0.4, -0.2) is 11.0 Å². The highest BCUT2D eigenvalue weighted by molar-refractivity contribution is 6.29. The van der Waals surface area contributed by atoms with Crippen LogP contribution in [0.1, 0.15) is 16.7 Å². The van der Waals surface area contributed by atoms with Gasteiger partial charge in [-0.3, -0.25) is 4.79 Å². The van der Waals surface area contributed by atoms with Gasteiger partial charge in [0.25, 0.3) is 0 Å². The molecule has 2 rings (SSSR count). The van der Waals surface area contributed by atoms with Crippen LogP contribution in [0, 0.1) is 0 Å². The lowest BCUT2D eigenvalue weighted by Gasteiger charge is -2.08. The van der Waals surface area contributed by atoms with E-state index in [9.17, 15) is 18.0 Å². The minimum absolute atomic E-state index is 0.0314. The molecule has 0 aliphatic rings. The van der Waals surface area contributed by atoms with Gasteiger partial charge in [-0.2, -0.15) is 13.2 Å². The van der Waals surface area contributed by atoms with Crippen LogP contribution >= 0.6 is 11.6 Å². The van der Waals surface area contributed by atoms with Crippen molar-refractivity contribution in [3.05, 3.63) is 64.4 Å². The van der Waals surface area contributed by atoms with Gasteiger partial charge in [-0.05, 0) is 23.8 Å². The Morgan fingerprint density at radius 2 is 1.73 bits per heavy atom. The number of alkyl halides is 3. The van der Waals surface area contributed by atoms with Crippen LogP contribution in [-0.2, 0) is 28.7 Å². The summed E-state index contributed by atoms with van der Waals surface area (Å²) in [5.74, 6) is -0.533. The number of hydrogen-bond donors (Lipinski definition) is 0. The predicted octanol–water partition coefficient (Wildman–Crippen LogP) is 4.04. The van der Waals surface area contributed by atoms with Gasteiger partial charge in [0.15, 0.2) is 0 Å². The molecule has 0 saturated heterocycles. The molecule has 0 unspecified atom stereocenters. The largest absolute Gasteiger partial charge is 0.460 e. The summed E-state index contributed by atoms with van der Waals surface area (Å²) in [6, 6.07) is 7.63. The van der Waals surface area contributed by atoms with Gasteiger partial charge in [-0.15, -0.1) is 0 Å². The maximum Gasteiger partial charge on any atom is 0.416 e. The quantitative estimate of drug-likeness (QED) is 0.627. The van der Waals surface area contributed by atoms with Crippen molar-refractivity contribution in [2.45, 2.75) is 19.2 Å². The molecule has 0 N–H and O–H groups in total. The Hall–Kier alpha value is -2.08. The summed E-state index contributed by atoms with van der Waals surface area (Å²) in [6.07, 6.45) is -3.01. The summed E-state index contributed by atoms with van der Waals surface area (Å²) >= 11 is 5.63. The van der Waals surface area contributed by atoms with E-state index in [1.807, 2.05) is 0 Å². The standard InChI is InChI=1S/C15H11ClF3NO2/c16-13-6-3-11(8-20-13)9-22-14(21)7-10-1-4-12(5-2-10)15(17,18)19/h1-6,8H,7,9H2. The predicted molar refractivity (Wildman–Crippen MR) is 74.2 cm³/mol. The molecule has 0 fully saturated rings. The van der Waals surface area contributed by atoms with Crippen LogP contribution in [0.25, 0.3) is 0 Å². The van der Waals surface area contributed by atoms with E-state index in [0.717, 1.165) is 12.1 Å². The fraction of sp³-hybridized carbons (Fsp3) is 0.200. The molecule has 0 spiro atoms. The lowest BCUT2D eigenvalue weighted by molar-refractivity contribution is -0.144. The average Bonchev–Trinajstić information content (AvgIpc) is 2.46. The number of ether oxygens (including phenoxy) is 1. The average molecular weight is 330 g/mol. The van der Waals surface area contributed by atoms with Crippen molar-refractivity contribution in [1.29, 1.82) is 0 Å². The lowest BCUT2D eigenvalue weighted by atomic mass is 10.1. The number of rotatable bonds is 4. The Morgan fingerprint density at radius 3 is 2.27 bits per heavy atom. The summed E-state index contributed by atoms with van der Waals surface area (Å²) in [7, 11) is 0. The number of benzene rings is 1. The normalized spacial score (nSPS) is 11.3. The highest BCUT2D eigenvalue weighted by atomic mass is 35.5. The topological polar surface area (TPSA) is 39.2 Å². The lowest BCUT2D eigenvalue weighted by Crippen LogP contribution is -2.09. The summed E-state index contributed by atoms with van der Waals surface area (Å²) in [6.45, 7) is 0.0314. The Labute approximate surface area is 129 Å². The van der Waals surface area contributed by atoms with Crippen LogP contribution < -0.4 is 0 Å². The highest BCUT2D eigenvalue weighted by Gasteiger charge is 2.29. The first kappa shape index (κ1) is 16.3. The molecule has 7 heteroatoms. The van der Waals surface area contributed by atoms with E-state index >= 15 is 0 Å². The molecule has 0 saturated carbocycles. The molecule has 1 aromatic carbocycles. The molecular formula is C15H11ClF3NO2. The van der Waals surface area contributed by atoms with Crippen molar-refractivity contribution >= 4 is 17.6 Å². The first-order chi connectivity index (χ1) is 10.3. The second-order valence-corrected chi connectivity index (χ2v) is 4.91. The number of nitrogens with zero attached hydrogens (tertiary/aromatic N) is 1. The van der Waals surface area contributed by atoms with Crippen molar-refractivity contribution in [2.24, 2.45) is 0 Å². The van der Waals surface area contributed by atoms with E-state index in [0.29, 0.717) is 16.3 Å². The maximum absolute atomic E-state index is 12.4. The van der Waals surface area contributed by atoms with Crippen LogP contribution in [0.5, 0.6) is 0 Å². The van der Waals surface area contributed by atoms with Crippen molar-refractivity contribution in [3.63, 3.8) is 0 Å². The molecule has 1 aromatic heterocycles. The van der Waals surface area contributed by atoms with Crippen molar-refractivity contribution in [1.82, 2.24) is 4.98 Å².